The van der Waals surface area contributed by atoms with E-state index < -0.39 is 0 Å². The van der Waals surface area contributed by atoms with Crippen LogP contribution in [0, 0.1) is 0 Å². The molecule has 172 valence electrons. The van der Waals surface area contributed by atoms with Crippen LogP contribution in [0.1, 0.15) is 18.2 Å². The van der Waals surface area contributed by atoms with E-state index in [4.69, 9.17) is 4.74 Å². The lowest BCUT2D eigenvalue weighted by molar-refractivity contribution is -0.120. The first-order chi connectivity index (χ1) is 15.9. The number of carbonyl (C=O) groups excluding carboxylic acids is 3. The maximum absolute atomic E-state index is 12.3. The minimum atomic E-state index is -0.168. The molecule has 0 unspecified atom stereocenters. The van der Waals surface area contributed by atoms with Gasteiger partial charge in [0.1, 0.15) is 5.75 Å². The predicted octanol–water partition coefficient (Wildman–Crippen LogP) is 3.70. The van der Waals surface area contributed by atoms with Crippen LogP contribution < -0.4 is 20.7 Å². The Balaban J connectivity index is 1.42. The highest BCUT2D eigenvalue weighted by Gasteiger charge is 2.11. The molecule has 0 spiro atoms. The third-order valence-electron chi connectivity index (χ3n) is 4.36. The second-order valence-corrected chi connectivity index (χ2v) is 9.05. The van der Waals surface area contributed by atoms with Crippen LogP contribution in [0.5, 0.6) is 5.75 Å². The molecule has 0 saturated heterocycles. The second-order valence-electron chi connectivity index (χ2n) is 6.97. The lowest BCUT2D eigenvalue weighted by Gasteiger charge is -2.09. The number of thiazole rings is 1. The van der Waals surface area contributed by atoms with Gasteiger partial charge in [-0.3, -0.25) is 14.4 Å². The van der Waals surface area contributed by atoms with Crippen molar-refractivity contribution in [2.75, 3.05) is 23.5 Å². The van der Waals surface area contributed by atoms with Crippen molar-refractivity contribution in [2.45, 2.75) is 24.2 Å². The van der Waals surface area contributed by atoms with Gasteiger partial charge in [0.15, 0.2) is 4.34 Å². The number of rotatable bonds is 10. The third-order valence-corrected chi connectivity index (χ3v) is 6.43. The standard InChI is InChI=1S/C23H24N4O4S2/c1-15(28)25-17-7-9-18(10-8-17)26-22(30)14-33-23-27-19(13-32-23)11-21(29)24-12-16-5-3-4-6-20(16)31-2/h3-10,13H,11-12,14H2,1-2H3,(H,24,29)(H,25,28)(H,26,30). The first-order valence-corrected chi connectivity index (χ1v) is 11.9. The summed E-state index contributed by atoms with van der Waals surface area (Å²) < 4.78 is 6.01. The van der Waals surface area contributed by atoms with E-state index in [1.807, 2.05) is 29.6 Å². The fourth-order valence-corrected chi connectivity index (χ4v) is 4.51. The molecule has 1 heterocycles. The third kappa shape index (κ3) is 7.92. The highest BCUT2D eigenvalue weighted by Crippen LogP contribution is 2.23. The number of nitrogens with zero attached hydrogens (tertiary/aromatic N) is 1. The highest BCUT2D eigenvalue weighted by atomic mass is 32.2. The molecule has 0 atom stereocenters. The Hall–Kier alpha value is -3.37. The number of benzene rings is 2. The van der Waals surface area contributed by atoms with Crippen molar-refractivity contribution in [3.05, 3.63) is 65.2 Å². The molecule has 0 aliphatic carbocycles. The molecular formula is C23H24N4O4S2. The lowest BCUT2D eigenvalue weighted by Crippen LogP contribution is -2.24. The van der Waals surface area contributed by atoms with Gasteiger partial charge in [-0.2, -0.15) is 0 Å². The molecule has 33 heavy (non-hydrogen) atoms. The zero-order valence-electron chi connectivity index (χ0n) is 18.2. The molecule has 0 aliphatic heterocycles. The van der Waals surface area contributed by atoms with Gasteiger partial charge in [-0.15, -0.1) is 11.3 Å². The van der Waals surface area contributed by atoms with E-state index in [1.165, 1.54) is 30.0 Å². The van der Waals surface area contributed by atoms with Gasteiger partial charge in [0, 0.05) is 35.8 Å². The van der Waals surface area contributed by atoms with Crippen LogP contribution in [0.25, 0.3) is 0 Å². The summed E-state index contributed by atoms with van der Waals surface area (Å²) in [6.07, 6.45) is 0.166. The van der Waals surface area contributed by atoms with E-state index >= 15 is 0 Å². The normalized spacial score (nSPS) is 10.4. The second kappa shape index (κ2) is 12.0. The molecule has 3 amide bonds. The minimum absolute atomic E-state index is 0.136. The van der Waals surface area contributed by atoms with Crippen LogP contribution in [0.2, 0.25) is 0 Å². The van der Waals surface area contributed by atoms with Crippen LogP contribution >= 0.6 is 23.1 Å². The minimum Gasteiger partial charge on any atom is -0.496 e. The molecule has 10 heteroatoms. The number of anilines is 2. The quantitative estimate of drug-likeness (QED) is 0.379. The zero-order chi connectivity index (χ0) is 23.6. The van der Waals surface area contributed by atoms with Crippen molar-refractivity contribution in [3.63, 3.8) is 0 Å². The largest absolute Gasteiger partial charge is 0.496 e. The molecule has 3 N–H and O–H groups in total. The number of methoxy groups -OCH3 is 1. The molecule has 2 aromatic carbocycles. The number of para-hydroxylation sites is 1. The van der Waals surface area contributed by atoms with Gasteiger partial charge in [0.2, 0.25) is 17.7 Å². The Labute approximate surface area is 200 Å². The average Bonchev–Trinajstić information content (AvgIpc) is 3.24. The fourth-order valence-electron chi connectivity index (χ4n) is 2.87. The predicted molar refractivity (Wildman–Crippen MR) is 131 cm³/mol. The van der Waals surface area contributed by atoms with Crippen molar-refractivity contribution in [3.8, 4) is 5.75 Å². The molecule has 3 aromatic rings. The first kappa shape index (κ1) is 24.3. The van der Waals surface area contributed by atoms with E-state index in [9.17, 15) is 14.4 Å². The van der Waals surface area contributed by atoms with E-state index in [-0.39, 0.29) is 29.9 Å². The summed E-state index contributed by atoms with van der Waals surface area (Å²) in [7, 11) is 1.60. The van der Waals surface area contributed by atoms with Crippen LogP contribution in [0.15, 0.2) is 58.3 Å². The smallest absolute Gasteiger partial charge is 0.234 e. The van der Waals surface area contributed by atoms with Gasteiger partial charge < -0.3 is 20.7 Å². The SMILES string of the molecule is COc1ccccc1CNC(=O)Cc1csc(SCC(=O)Nc2ccc(NC(C)=O)cc2)n1. The zero-order valence-corrected chi connectivity index (χ0v) is 19.8. The number of aromatic nitrogens is 1. The van der Waals surface area contributed by atoms with Crippen molar-refractivity contribution in [1.82, 2.24) is 10.3 Å². The topological polar surface area (TPSA) is 109 Å². The lowest BCUT2D eigenvalue weighted by atomic mass is 10.2. The van der Waals surface area contributed by atoms with E-state index in [0.717, 1.165) is 15.7 Å². The molecule has 0 saturated carbocycles. The van der Waals surface area contributed by atoms with Crippen molar-refractivity contribution in [2.24, 2.45) is 0 Å². The number of hydrogen-bond donors (Lipinski definition) is 3. The maximum atomic E-state index is 12.3. The van der Waals surface area contributed by atoms with Crippen molar-refractivity contribution < 1.29 is 19.1 Å². The summed E-state index contributed by atoms with van der Waals surface area (Å²) in [5, 5.41) is 10.2. The van der Waals surface area contributed by atoms with Crippen LogP contribution in [-0.2, 0) is 27.3 Å². The molecule has 3 rings (SSSR count). The Morgan fingerprint density at radius 3 is 2.39 bits per heavy atom. The van der Waals surface area contributed by atoms with Gasteiger partial charge in [-0.25, -0.2) is 4.98 Å². The van der Waals surface area contributed by atoms with Crippen LogP contribution in [0.3, 0.4) is 0 Å². The van der Waals surface area contributed by atoms with Gasteiger partial charge in [-0.1, -0.05) is 30.0 Å². The van der Waals surface area contributed by atoms with Gasteiger partial charge in [0.25, 0.3) is 0 Å². The first-order valence-electron chi connectivity index (χ1n) is 10.1. The summed E-state index contributed by atoms with van der Waals surface area (Å²) in [4.78, 5) is 40.0. The number of thioether (sulfide) groups is 1. The molecule has 0 fully saturated rings. The summed E-state index contributed by atoms with van der Waals surface area (Å²) in [6, 6.07) is 14.4. The van der Waals surface area contributed by atoms with Gasteiger partial charge in [-0.05, 0) is 30.3 Å². The summed E-state index contributed by atoms with van der Waals surface area (Å²) >= 11 is 2.71. The number of nitrogens with one attached hydrogen (secondary N) is 3. The number of hydrogen-bond acceptors (Lipinski definition) is 7. The van der Waals surface area contributed by atoms with E-state index in [1.54, 1.807) is 31.4 Å². The number of ether oxygens (including phenoxy) is 1. The Morgan fingerprint density at radius 2 is 1.70 bits per heavy atom. The highest BCUT2D eigenvalue weighted by molar-refractivity contribution is 8.01. The van der Waals surface area contributed by atoms with E-state index in [0.29, 0.717) is 23.6 Å². The molecule has 8 nitrogen and oxygen atoms in total. The molecule has 0 bridgehead atoms. The Bertz CT molecular complexity index is 1120. The number of amides is 3. The summed E-state index contributed by atoms with van der Waals surface area (Å²) in [5.74, 6) is 0.467. The van der Waals surface area contributed by atoms with Crippen molar-refractivity contribution in [1.29, 1.82) is 0 Å². The van der Waals surface area contributed by atoms with Gasteiger partial charge in [0.05, 0.1) is 25.0 Å². The summed E-state index contributed by atoms with van der Waals surface area (Å²) in [5.41, 5.74) is 2.87. The molecular weight excluding hydrogens is 460 g/mol. The monoisotopic (exact) mass is 484 g/mol. The number of carbonyl (C=O) groups is 3. The summed E-state index contributed by atoms with van der Waals surface area (Å²) in [6.45, 7) is 1.81. The average molecular weight is 485 g/mol. The van der Waals surface area contributed by atoms with Crippen molar-refractivity contribution >= 4 is 52.2 Å². The molecule has 0 aliphatic rings. The van der Waals surface area contributed by atoms with Crippen LogP contribution in [-0.4, -0.2) is 35.6 Å². The molecule has 0 radical (unpaired) electrons. The van der Waals surface area contributed by atoms with E-state index in [2.05, 4.69) is 20.9 Å². The Kier molecular flexibility index (Phi) is 8.85. The maximum Gasteiger partial charge on any atom is 0.234 e. The van der Waals surface area contributed by atoms with Crippen LogP contribution in [0.4, 0.5) is 11.4 Å². The Morgan fingerprint density at radius 1 is 1.00 bits per heavy atom. The fraction of sp³-hybridized carbons (Fsp3) is 0.217. The van der Waals surface area contributed by atoms with Gasteiger partial charge >= 0.3 is 0 Å². The molecule has 1 aromatic heterocycles.